The van der Waals surface area contributed by atoms with Crippen LogP contribution in [-0.2, 0) is 4.79 Å². The summed E-state index contributed by atoms with van der Waals surface area (Å²) in [5.74, 6) is 0.542. The zero-order valence-corrected chi connectivity index (χ0v) is 12.4. The third-order valence-corrected chi connectivity index (χ3v) is 3.71. The minimum absolute atomic E-state index is 0.0758. The Kier molecular flexibility index (Phi) is 6.02. The van der Waals surface area contributed by atoms with Crippen molar-refractivity contribution >= 4 is 23.1 Å². The van der Waals surface area contributed by atoms with E-state index in [1.807, 2.05) is 6.92 Å². The number of hydrogen-bond acceptors (Lipinski definition) is 3. The minimum atomic E-state index is -0.157. The van der Waals surface area contributed by atoms with Gasteiger partial charge in [-0.15, -0.1) is 0 Å². The average Bonchev–Trinajstić information content (AvgIpc) is 2.34. The van der Waals surface area contributed by atoms with Gasteiger partial charge in [0, 0.05) is 6.54 Å². The van der Waals surface area contributed by atoms with E-state index in [1.54, 1.807) is 0 Å². The quantitative estimate of drug-likeness (QED) is 0.740. The summed E-state index contributed by atoms with van der Waals surface area (Å²) in [5.41, 5.74) is 5.78. The molecule has 18 heavy (non-hydrogen) atoms. The molecule has 1 aliphatic heterocycles. The number of nitrogens with zero attached hydrogens (tertiary/aromatic N) is 1. The molecule has 0 spiro atoms. The number of nitrogens with one attached hydrogen (secondary N) is 1. The molecule has 5 heteroatoms. The molecule has 0 aromatic carbocycles. The maximum atomic E-state index is 12.1. The molecule has 1 rings (SSSR count). The van der Waals surface area contributed by atoms with E-state index in [0.29, 0.717) is 10.9 Å². The highest BCUT2D eigenvalue weighted by Gasteiger charge is 2.31. The molecular weight excluding hydrogens is 246 g/mol. The molecule has 104 valence electrons. The number of likely N-dealkylation sites (tertiary alicyclic amines) is 1. The van der Waals surface area contributed by atoms with Gasteiger partial charge in [0.05, 0.1) is 17.1 Å². The lowest BCUT2D eigenvalue weighted by molar-refractivity contribution is -0.126. The van der Waals surface area contributed by atoms with Crippen LogP contribution in [0.4, 0.5) is 0 Å². The number of rotatable bonds is 5. The molecule has 0 saturated carbocycles. The first-order valence-electron chi connectivity index (χ1n) is 6.76. The molecule has 3 N–H and O–H groups in total. The van der Waals surface area contributed by atoms with Gasteiger partial charge in [0.25, 0.3) is 0 Å². The van der Waals surface area contributed by atoms with Crippen molar-refractivity contribution in [3.8, 4) is 0 Å². The van der Waals surface area contributed by atoms with Gasteiger partial charge in [-0.25, -0.2) is 0 Å². The first-order valence-corrected chi connectivity index (χ1v) is 7.17. The van der Waals surface area contributed by atoms with E-state index in [9.17, 15) is 4.79 Å². The SMILES string of the molecule is CC(C)CNC(=O)C(C)N1CCCCC1C(N)=S. The molecule has 0 bridgehead atoms. The highest BCUT2D eigenvalue weighted by atomic mass is 32.1. The van der Waals surface area contributed by atoms with E-state index in [4.69, 9.17) is 18.0 Å². The molecule has 1 heterocycles. The number of piperidine rings is 1. The predicted octanol–water partition coefficient (Wildman–Crippen LogP) is 1.29. The molecule has 1 amide bonds. The van der Waals surface area contributed by atoms with Crippen LogP contribution in [0.15, 0.2) is 0 Å². The summed E-state index contributed by atoms with van der Waals surface area (Å²) in [5, 5.41) is 2.97. The van der Waals surface area contributed by atoms with Crippen LogP contribution >= 0.6 is 12.2 Å². The summed E-state index contributed by atoms with van der Waals surface area (Å²) >= 11 is 5.11. The number of hydrogen-bond donors (Lipinski definition) is 2. The standard InChI is InChI=1S/C13H25N3OS/c1-9(2)8-15-13(17)10(3)16-7-5-4-6-11(16)12(14)18/h9-11H,4-8H2,1-3H3,(H2,14,18)(H,15,17). The Hall–Kier alpha value is -0.680. The van der Waals surface area contributed by atoms with Gasteiger partial charge in [-0.05, 0) is 32.2 Å². The van der Waals surface area contributed by atoms with Crippen molar-refractivity contribution in [3.63, 3.8) is 0 Å². The van der Waals surface area contributed by atoms with Crippen LogP contribution < -0.4 is 11.1 Å². The van der Waals surface area contributed by atoms with Crippen molar-refractivity contribution in [2.24, 2.45) is 11.7 Å². The van der Waals surface area contributed by atoms with Gasteiger partial charge >= 0.3 is 0 Å². The molecule has 0 aromatic heterocycles. The Balaban J connectivity index is 2.59. The van der Waals surface area contributed by atoms with Gasteiger partial charge in [-0.1, -0.05) is 32.5 Å². The van der Waals surface area contributed by atoms with E-state index in [1.165, 1.54) is 0 Å². The van der Waals surface area contributed by atoms with Crippen LogP contribution in [0.3, 0.4) is 0 Å². The summed E-state index contributed by atoms with van der Waals surface area (Å²) in [6.07, 6.45) is 3.22. The van der Waals surface area contributed by atoms with E-state index in [2.05, 4.69) is 24.1 Å². The second-order valence-corrected chi connectivity index (χ2v) is 5.94. The maximum absolute atomic E-state index is 12.1. The van der Waals surface area contributed by atoms with Crippen LogP contribution in [0.2, 0.25) is 0 Å². The summed E-state index contributed by atoms with van der Waals surface area (Å²) in [6, 6.07) is -0.0795. The maximum Gasteiger partial charge on any atom is 0.237 e. The molecule has 2 unspecified atom stereocenters. The van der Waals surface area contributed by atoms with Crippen LogP contribution in [0.5, 0.6) is 0 Å². The zero-order valence-electron chi connectivity index (χ0n) is 11.6. The second kappa shape index (κ2) is 7.04. The number of carbonyl (C=O) groups excluding carboxylic acids is 1. The molecule has 1 fully saturated rings. The number of nitrogens with two attached hydrogens (primary N) is 1. The van der Waals surface area contributed by atoms with Gasteiger partial charge in [0.15, 0.2) is 0 Å². The number of thiocarbonyl (C=S) groups is 1. The summed E-state index contributed by atoms with van der Waals surface area (Å²) in [6.45, 7) is 7.73. The molecule has 0 aromatic rings. The minimum Gasteiger partial charge on any atom is -0.392 e. The Bertz CT molecular complexity index is 307. The first kappa shape index (κ1) is 15.4. The van der Waals surface area contributed by atoms with Crippen LogP contribution in [0.25, 0.3) is 0 Å². The molecule has 1 aliphatic rings. The Labute approximate surface area is 115 Å². The summed E-state index contributed by atoms with van der Waals surface area (Å²) in [4.78, 5) is 14.7. The lowest BCUT2D eigenvalue weighted by Crippen LogP contribution is -2.55. The van der Waals surface area contributed by atoms with Gasteiger partial charge < -0.3 is 11.1 Å². The van der Waals surface area contributed by atoms with Crippen molar-refractivity contribution in [3.05, 3.63) is 0 Å². The van der Waals surface area contributed by atoms with Gasteiger partial charge in [-0.3, -0.25) is 9.69 Å². The van der Waals surface area contributed by atoms with Crippen LogP contribution in [-0.4, -0.2) is 41.0 Å². The van der Waals surface area contributed by atoms with Gasteiger partial charge in [0.2, 0.25) is 5.91 Å². The first-order chi connectivity index (χ1) is 8.43. The molecule has 1 saturated heterocycles. The lowest BCUT2D eigenvalue weighted by Gasteiger charge is -2.38. The second-order valence-electron chi connectivity index (χ2n) is 5.47. The fourth-order valence-corrected chi connectivity index (χ4v) is 2.58. The zero-order chi connectivity index (χ0) is 13.7. The van der Waals surface area contributed by atoms with Crippen LogP contribution in [0, 0.1) is 5.92 Å². The topological polar surface area (TPSA) is 58.4 Å². The van der Waals surface area contributed by atoms with Crippen molar-refractivity contribution in [2.45, 2.75) is 52.1 Å². The van der Waals surface area contributed by atoms with Crippen molar-refractivity contribution in [1.82, 2.24) is 10.2 Å². The molecule has 2 atom stereocenters. The van der Waals surface area contributed by atoms with E-state index in [0.717, 1.165) is 32.4 Å². The monoisotopic (exact) mass is 271 g/mol. The average molecular weight is 271 g/mol. The predicted molar refractivity (Wildman–Crippen MR) is 78.4 cm³/mol. The smallest absolute Gasteiger partial charge is 0.237 e. The fraction of sp³-hybridized carbons (Fsp3) is 0.846. The molecule has 4 nitrogen and oxygen atoms in total. The highest BCUT2D eigenvalue weighted by molar-refractivity contribution is 7.80. The van der Waals surface area contributed by atoms with E-state index in [-0.39, 0.29) is 18.0 Å². The molecule has 0 aliphatic carbocycles. The number of carbonyl (C=O) groups is 1. The Morgan fingerprint density at radius 3 is 2.67 bits per heavy atom. The molecule has 0 radical (unpaired) electrons. The number of amides is 1. The summed E-state index contributed by atoms with van der Waals surface area (Å²) < 4.78 is 0. The normalized spacial score (nSPS) is 22.8. The fourth-order valence-electron chi connectivity index (χ4n) is 2.33. The van der Waals surface area contributed by atoms with Gasteiger partial charge in [0.1, 0.15) is 0 Å². The van der Waals surface area contributed by atoms with Crippen molar-refractivity contribution < 1.29 is 4.79 Å². The third kappa shape index (κ3) is 4.21. The Morgan fingerprint density at radius 1 is 1.44 bits per heavy atom. The Morgan fingerprint density at radius 2 is 2.11 bits per heavy atom. The largest absolute Gasteiger partial charge is 0.392 e. The highest BCUT2D eigenvalue weighted by Crippen LogP contribution is 2.20. The van der Waals surface area contributed by atoms with Crippen molar-refractivity contribution in [1.29, 1.82) is 0 Å². The van der Waals surface area contributed by atoms with Crippen LogP contribution in [0.1, 0.15) is 40.0 Å². The van der Waals surface area contributed by atoms with Gasteiger partial charge in [-0.2, -0.15) is 0 Å². The lowest BCUT2D eigenvalue weighted by atomic mass is 9.99. The van der Waals surface area contributed by atoms with Crippen molar-refractivity contribution in [2.75, 3.05) is 13.1 Å². The van der Waals surface area contributed by atoms with E-state index >= 15 is 0 Å². The third-order valence-electron chi connectivity index (χ3n) is 3.43. The molecular formula is C13H25N3OS. The summed E-state index contributed by atoms with van der Waals surface area (Å²) in [7, 11) is 0. The van der Waals surface area contributed by atoms with E-state index < -0.39 is 0 Å².